The van der Waals surface area contributed by atoms with E-state index in [2.05, 4.69) is 34.6 Å². The number of ether oxygens (including phenoxy) is 4. The molecule has 7 rings (SSSR count). The van der Waals surface area contributed by atoms with Gasteiger partial charge in [-0.25, -0.2) is 0 Å². The molecule has 7 fully saturated rings. The SMILES string of the molecule is CC(=O)O[C@@H]1C[C@@]23C[C@@]24CC[C@H](O[C@@H]2OC[C@@H](O)[C@H](O)[C@H]2O)C(C)(C)[C@@H]4CC[C@H]3[C@]2(C)C[C@@H]3OC(=O)C[C@@H](C)C3[C@@]12C. The normalized spacial score (nSPS) is 57.5. The first-order chi connectivity index (χ1) is 19.6. The number of aliphatic hydroxyl groups excluding tert-OH is 3. The molecule has 7 aliphatic rings. The summed E-state index contributed by atoms with van der Waals surface area (Å²) in [4.78, 5) is 25.2. The smallest absolute Gasteiger partial charge is 0.306 e. The summed E-state index contributed by atoms with van der Waals surface area (Å²) in [6.07, 6.45) is 1.99. The highest BCUT2D eigenvalue weighted by Crippen LogP contribution is 2.89. The fourth-order valence-electron chi connectivity index (χ4n) is 12.8. The first kappa shape index (κ1) is 29.5. The molecule has 2 saturated heterocycles. The Morgan fingerprint density at radius 3 is 2.38 bits per heavy atom. The number of rotatable bonds is 3. The Bertz CT molecular complexity index is 1160. The number of hydrogen-bond acceptors (Lipinski definition) is 9. The molecule has 9 nitrogen and oxygen atoms in total. The highest BCUT2D eigenvalue weighted by atomic mass is 16.7. The van der Waals surface area contributed by atoms with Crippen molar-refractivity contribution in [2.24, 2.45) is 50.7 Å². The van der Waals surface area contributed by atoms with Gasteiger partial charge in [-0.2, -0.15) is 0 Å². The molecule has 0 aromatic carbocycles. The topological polar surface area (TPSA) is 132 Å². The van der Waals surface area contributed by atoms with E-state index in [1.807, 2.05) is 0 Å². The minimum Gasteiger partial charge on any atom is -0.462 e. The quantitative estimate of drug-likeness (QED) is 0.334. The van der Waals surface area contributed by atoms with E-state index in [4.69, 9.17) is 18.9 Å². The van der Waals surface area contributed by atoms with Crippen molar-refractivity contribution >= 4 is 11.9 Å². The lowest BCUT2D eigenvalue weighted by molar-refractivity contribution is -0.303. The molecule has 42 heavy (non-hydrogen) atoms. The minimum absolute atomic E-state index is 0.0639. The first-order valence-electron chi connectivity index (χ1n) is 16.3. The molecule has 0 radical (unpaired) electrons. The second kappa shape index (κ2) is 9.15. The number of hydrogen-bond donors (Lipinski definition) is 3. The van der Waals surface area contributed by atoms with Gasteiger partial charge >= 0.3 is 11.9 Å². The highest BCUT2D eigenvalue weighted by Gasteiger charge is 2.85. The summed E-state index contributed by atoms with van der Waals surface area (Å²) in [5.74, 6) is 0.869. The summed E-state index contributed by atoms with van der Waals surface area (Å²) in [5, 5.41) is 30.7. The van der Waals surface area contributed by atoms with Crippen molar-refractivity contribution in [2.75, 3.05) is 6.61 Å². The molecular formula is C33H50O9. The van der Waals surface area contributed by atoms with Gasteiger partial charge in [0.25, 0.3) is 0 Å². The molecule has 3 N–H and O–H groups in total. The Balaban J connectivity index is 1.21. The molecule has 0 amide bonds. The van der Waals surface area contributed by atoms with Gasteiger partial charge in [0.15, 0.2) is 6.29 Å². The number of aliphatic hydroxyl groups is 3. The minimum atomic E-state index is -1.30. The van der Waals surface area contributed by atoms with Crippen LogP contribution in [0.4, 0.5) is 0 Å². The molecule has 1 unspecified atom stereocenters. The molecule has 9 heteroatoms. The maximum atomic E-state index is 12.6. The molecule has 15 atom stereocenters. The lowest BCUT2D eigenvalue weighted by atomic mass is 9.41. The number of carbonyl (C=O) groups excluding carboxylic acids is 2. The largest absolute Gasteiger partial charge is 0.462 e. The molecular weight excluding hydrogens is 540 g/mol. The van der Waals surface area contributed by atoms with E-state index < -0.39 is 24.6 Å². The van der Waals surface area contributed by atoms with Crippen LogP contribution in [0, 0.1) is 50.7 Å². The van der Waals surface area contributed by atoms with Gasteiger partial charge in [0, 0.05) is 24.7 Å². The summed E-state index contributed by atoms with van der Waals surface area (Å²) < 4.78 is 24.5. The van der Waals surface area contributed by atoms with Gasteiger partial charge in [0.2, 0.25) is 0 Å². The molecule has 0 aromatic heterocycles. The van der Waals surface area contributed by atoms with Crippen molar-refractivity contribution in [3.8, 4) is 0 Å². The van der Waals surface area contributed by atoms with Crippen LogP contribution in [0.2, 0.25) is 0 Å². The van der Waals surface area contributed by atoms with Crippen LogP contribution in [0.15, 0.2) is 0 Å². The van der Waals surface area contributed by atoms with Gasteiger partial charge in [0.1, 0.15) is 30.5 Å². The molecule has 0 aromatic rings. The summed E-state index contributed by atoms with van der Waals surface area (Å²) in [6.45, 7) is 12.9. The van der Waals surface area contributed by atoms with Gasteiger partial charge in [-0.05, 0) is 84.4 Å². The van der Waals surface area contributed by atoms with Gasteiger partial charge < -0.3 is 34.3 Å². The predicted molar refractivity (Wildman–Crippen MR) is 149 cm³/mol. The molecule has 2 spiro atoms. The van der Waals surface area contributed by atoms with E-state index >= 15 is 0 Å². The fourth-order valence-corrected chi connectivity index (χ4v) is 12.8. The average molecular weight is 591 g/mol. The zero-order chi connectivity index (χ0) is 30.2. The summed E-state index contributed by atoms with van der Waals surface area (Å²) in [6, 6.07) is 0. The van der Waals surface area contributed by atoms with E-state index in [0.29, 0.717) is 18.3 Å². The highest BCUT2D eigenvalue weighted by molar-refractivity contribution is 5.71. The van der Waals surface area contributed by atoms with Crippen molar-refractivity contribution in [1.29, 1.82) is 0 Å². The Kier molecular flexibility index (Phi) is 6.42. The Hall–Kier alpha value is -1.26. The maximum absolute atomic E-state index is 12.6. The van der Waals surface area contributed by atoms with Crippen molar-refractivity contribution < 1.29 is 43.9 Å². The number of fused-ring (bicyclic) bond motifs is 4. The lowest BCUT2D eigenvalue weighted by Crippen LogP contribution is -2.63. The van der Waals surface area contributed by atoms with Crippen LogP contribution in [0.25, 0.3) is 0 Å². The van der Waals surface area contributed by atoms with E-state index in [0.717, 1.165) is 44.9 Å². The zero-order valence-electron chi connectivity index (χ0n) is 26.0. The van der Waals surface area contributed by atoms with Crippen molar-refractivity contribution in [1.82, 2.24) is 0 Å². The Labute approximate surface area is 249 Å². The van der Waals surface area contributed by atoms with E-state index in [1.54, 1.807) is 0 Å². The number of esters is 2. The standard InChI is InChI=1S/C33H50O9/c1-16-11-24(36)41-19-12-30(5)21-8-7-20-29(3,4)22(42-28-27(38)26(37)18(35)14-39-28)9-10-32(20)15-33(21,32)13-23(40-17(2)34)31(30,6)25(16)19/h16,18-23,25-28,35,37-38H,7-15H2,1-6H3/t16-,18-,19+,20+,21+,22+,23-,25?,26+,27-,28+,30+,31-,32-,33+/m1/s1. The zero-order valence-corrected chi connectivity index (χ0v) is 26.0. The molecule has 0 bridgehead atoms. The van der Waals surface area contributed by atoms with Gasteiger partial charge in [-0.3, -0.25) is 9.59 Å². The van der Waals surface area contributed by atoms with E-state index in [-0.39, 0.29) is 75.8 Å². The van der Waals surface area contributed by atoms with Crippen LogP contribution in [-0.2, 0) is 28.5 Å². The van der Waals surface area contributed by atoms with Crippen LogP contribution in [0.3, 0.4) is 0 Å². The van der Waals surface area contributed by atoms with Crippen LogP contribution in [0.1, 0.15) is 92.9 Å². The summed E-state index contributed by atoms with van der Waals surface area (Å²) in [7, 11) is 0. The van der Waals surface area contributed by atoms with Gasteiger partial charge in [0.05, 0.1) is 12.7 Å². The van der Waals surface area contributed by atoms with Crippen LogP contribution >= 0.6 is 0 Å². The summed E-state index contributed by atoms with van der Waals surface area (Å²) >= 11 is 0. The fraction of sp³-hybridized carbons (Fsp3) is 0.939. The second-order valence-corrected chi connectivity index (χ2v) is 16.3. The van der Waals surface area contributed by atoms with Gasteiger partial charge in [-0.1, -0.05) is 34.6 Å². The molecule has 2 heterocycles. The monoisotopic (exact) mass is 590 g/mol. The van der Waals surface area contributed by atoms with Crippen LogP contribution < -0.4 is 0 Å². The second-order valence-electron chi connectivity index (χ2n) is 16.3. The van der Waals surface area contributed by atoms with Crippen molar-refractivity contribution in [3.05, 3.63) is 0 Å². The predicted octanol–water partition coefficient (Wildman–Crippen LogP) is 3.35. The van der Waals surface area contributed by atoms with Gasteiger partial charge in [-0.15, -0.1) is 0 Å². The van der Waals surface area contributed by atoms with E-state index in [9.17, 15) is 24.9 Å². The average Bonchev–Trinajstić information content (AvgIpc) is 3.48. The lowest BCUT2D eigenvalue weighted by Gasteiger charge is -2.65. The Morgan fingerprint density at radius 2 is 1.67 bits per heavy atom. The third-order valence-corrected chi connectivity index (χ3v) is 14.5. The third kappa shape index (κ3) is 3.55. The molecule has 236 valence electrons. The Morgan fingerprint density at radius 1 is 0.952 bits per heavy atom. The van der Waals surface area contributed by atoms with Crippen LogP contribution in [-0.4, -0.2) is 76.8 Å². The summed E-state index contributed by atoms with van der Waals surface area (Å²) in [5.41, 5.74) is -0.411. The van der Waals surface area contributed by atoms with Crippen LogP contribution in [0.5, 0.6) is 0 Å². The maximum Gasteiger partial charge on any atom is 0.306 e. The van der Waals surface area contributed by atoms with Crippen molar-refractivity contribution in [2.45, 2.75) is 136 Å². The molecule has 5 aliphatic carbocycles. The molecule has 5 saturated carbocycles. The first-order valence-corrected chi connectivity index (χ1v) is 16.3. The van der Waals surface area contributed by atoms with E-state index in [1.165, 1.54) is 6.92 Å². The molecule has 2 aliphatic heterocycles. The third-order valence-electron chi connectivity index (χ3n) is 14.5. The number of carbonyl (C=O) groups is 2. The van der Waals surface area contributed by atoms with Crippen molar-refractivity contribution in [3.63, 3.8) is 0 Å².